The summed E-state index contributed by atoms with van der Waals surface area (Å²) in [6, 6.07) is 5.34. The van der Waals surface area contributed by atoms with Crippen molar-refractivity contribution in [2.75, 3.05) is 47.4 Å². The van der Waals surface area contributed by atoms with Crippen molar-refractivity contribution in [3.63, 3.8) is 0 Å². The number of methoxy groups -OCH3 is 1. The Morgan fingerprint density at radius 2 is 1.77 bits per heavy atom. The zero-order chi connectivity index (χ0) is 22.1. The van der Waals surface area contributed by atoms with Crippen LogP contribution >= 0.6 is 0 Å². The van der Waals surface area contributed by atoms with Gasteiger partial charge in [0.15, 0.2) is 0 Å². The van der Waals surface area contributed by atoms with Crippen LogP contribution in [-0.2, 0) is 10.0 Å². The molecule has 0 N–H and O–H groups in total. The van der Waals surface area contributed by atoms with Gasteiger partial charge in [0.05, 0.1) is 7.11 Å². The Balaban J connectivity index is 1.81. The van der Waals surface area contributed by atoms with Crippen LogP contribution in [-0.4, -0.2) is 81.9 Å². The zero-order valence-corrected chi connectivity index (χ0v) is 19.6. The first-order valence-corrected chi connectivity index (χ1v) is 12.2. The molecule has 0 radical (unpaired) electrons. The molecule has 1 aromatic carbocycles. The minimum Gasteiger partial charge on any atom is -0.495 e. The van der Waals surface area contributed by atoms with Crippen molar-refractivity contribution < 1.29 is 17.9 Å². The average Bonchev–Trinajstić information content (AvgIpc) is 3.55. The molecule has 8 heteroatoms. The van der Waals surface area contributed by atoms with E-state index in [9.17, 15) is 13.2 Å². The zero-order valence-electron chi connectivity index (χ0n) is 18.8. The SMILES string of the molecule is COc1ccc(C(=O)N(C)CCN(C)C2CC2)cc1S(=O)(=O)N1C[C@@H](C)C[C@H](C)C1. The Morgan fingerprint density at radius 3 is 2.33 bits per heavy atom. The van der Waals surface area contributed by atoms with Gasteiger partial charge in [-0.05, 0) is 56.3 Å². The molecule has 1 aromatic rings. The minimum atomic E-state index is -3.75. The molecular formula is C22H35N3O4S. The molecular weight excluding hydrogens is 402 g/mol. The molecule has 1 heterocycles. The molecule has 1 saturated heterocycles. The van der Waals surface area contributed by atoms with Crippen molar-refractivity contribution in [1.29, 1.82) is 0 Å². The van der Waals surface area contributed by atoms with E-state index in [0.717, 1.165) is 13.0 Å². The fourth-order valence-corrected chi connectivity index (χ4v) is 6.14. The first kappa shape index (κ1) is 23.0. The molecule has 0 bridgehead atoms. The largest absolute Gasteiger partial charge is 0.495 e. The Morgan fingerprint density at radius 1 is 1.13 bits per heavy atom. The van der Waals surface area contributed by atoms with Crippen LogP contribution in [0.15, 0.2) is 23.1 Å². The number of sulfonamides is 1. The number of carbonyl (C=O) groups is 1. The highest BCUT2D eigenvalue weighted by molar-refractivity contribution is 7.89. The Hall–Kier alpha value is -1.64. The van der Waals surface area contributed by atoms with Crippen LogP contribution in [0.3, 0.4) is 0 Å². The van der Waals surface area contributed by atoms with Crippen LogP contribution in [0, 0.1) is 11.8 Å². The third kappa shape index (κ3) is 5.15. The second-order valence-electron chi connectivity index (χ2n) is 9.07. The second-order valence-corrected chi connectivity index (χ2v) is 11.0. The van der Waals surface area contributed by atoms with E-state index < -0.39 is 10.0 Å². The number of nitrogens with zero attached hydrogens (tertiary/aromatic N) is 3. The van der Waals surface area contributed by atoms with E-state index in [1.807, 2.05) is 0 Å². The van der Waals surface area contributed by atoms with Crippen molar-refractivity contribution >= 4 is 15.9 Å². The van der Waals surface area contributed by atoms with Gasteiger partial charge in [-0.15, -0.1) is 0 Å². The van der Waals surface area contributed by atoms with Gasteiger partial charge in [0.25, 0.3) is 5.91 Å². The van der Waals surface area contributed by atoms with E-state index >= 15 is 0 Å². The lowest BCUT2D eigenvalue weighted by Crippen LogP contribution is -2.42. The molecule has 7 nitrogen and oxygen atoms in total. The Bertz CT molecular complexity index is 859. The number of ether oxygens (including phenoxy) is 1. The number of piperidine rings is 1. The average molecular weight is 438 g/mol. The van der Waals surface area contributed by atoms with Crippen molar-refractivity contribution in [3.05, 3.63) is 23.8 Å². The second kappa shape index (κ2) is 9.24. The van der Waals surface area contributed by atoms with E-state index in [1.54, 1.807) is 24.1 Å². The summed E-state index contributed by atoms with van der Waals surface area (Å²) in [6.07, 6.45) is 3.46. The van der Waals surface area contributed by atoms with Crippen molar-refractivity contribution in [1.82, 2.24) is 14.1 Å². The Labute approximate surface area is 181 Å². The molecule has 0 spiro atoms. The Kier molecular flexibility index (Phi) is 7.09. The topological polar surface area (TPSA) is 70.2 Å². The summed E-state index contributed by atoms with van der Waals surface area (Å²) in [5, 5.41) is 0. The molecule has 1 amide bonds. The maximum atomic E-state index is 13.4. The number of likely N-dealkylation sites (N-methyl/N-ethyl adjacent to an activating group) is 2. The number of rotatable bonds is 8. The maximum Gasteiger partial charge on any atom is 0.253 e. The van der Waals surface area contributed by atoms with Crippen LogP contribution in [0.2, 0.25) is 0 Å². The molecule has 1 saturated carbocycles. The summed E-state index contributed by atoms with van der Waals surface area (Å²) in [5.74, 6) is 0.690. The van der Waals surface area contributed by atoms with Crippen LogP contribution in [0.5, 0.6) is 5.75 Å². The van der Waals surface area contributed by atoms with Gasteiger partial charge in [-0.1, -0.05) is 13.8 Å². The van der Waals surface area contributed by atoms with E-state index in [1.165, 1.54) is 30.3 Å². The fraction of sp³-hybridized carbons (Fsp3) is 0.682. The predicted molar refractivity (Wildman–Crippen MR) is 117 cm³/mol. The van der Waals surface area contributed by atoms with E-state index in [4.69, 9.17) is 4.74 Å². The number of hydrogen-bond acceptors (Lipinski definition) is 5. The van der Waals surface area contributed by atoms with Crippen LogP contribution in [0.25, 0.3) is 0 Å². The summed E-state index contributed by atoms with van der Waals surface area (Å²) >= 11 is 0. The molecule has 2 aliphatic rings. The van der Waals surface area contributed by atoms with Gasteiger partial charge in [-0.3, -0.25) is 4.79 Å². The van der Waals surface area contributed by atoms with Crippen molar-refractivity contribution in [2.45, 2.75) is 44.0 Å². The third-order valence-corrected chi connectivity index (χ3v) is 8.02. The predicted octanol–water partition coefficient (Wildman–Crippen LogP) is 2.53. The number of amides is 1. The lowest BCUT2D eigenvalue weighted by atomic mass is 9.94. The lowest BCUT2D eigenvalue weighted by molar-refractivity contribution is 0.0781. The third-order valence-electron chi connectivity index (χ3n) is 6.17. The van der Waals surface area contributed by atoms with Crippen LogP contribution < -0.4 is 4.74 Å². The molecule has 0 aromatic heterocycles. The summed E-state index contributed by atoms with van der Waals surface area (Å²) in [6.45, 7) is 6.52. The number of benzene rings is 1. The molecule has 168 valence electrons. The van der Waals surface area contributed by atoms with Gasteiger partial charge >= 0.3 is 0 Å². The van der Waals surface area contributed by atoms with Crippen molar-refractivity contribution in [3.8, 4) is 5.75 Å². The summed E-state index contributed by atoms with van der Waals surface area (Å²) in [7, 11) is 1.54. The molecule has 1 aliphatic carbocycles. The van der Waals surface area contributed by atoms with E-state index in [0.29, 0.717) is 43.1 Å². The summed E-state index contributed by atoms with van der Waals surface area (Å²) in [5.41, 5.74) is 0.365. The highest BCUT2D eigenvalue weighted by Gasteiger charge is 2.34. The van der Waals surface area contributed by atoms with Crippen molar-refractivity contribution in [2.24, 2.45) is 11.8 Å². The molecule has 2 atom stereocenters. The van der Waals surface area contributed by atoms with Crippen LogP contribution in [0.4, 0.5) is 0 Å². The molecule has 2 fully saturated rings. The lowest BCUT2D eigenvalue weighted by Gasteiger charge is -2.34. The van der Waals surface area contributed by atoms with Gasteiger partial charge in [-0.2, -0.15) is 4.31 Å². The normalized spacial score (nSPS) is 22.9. The highest BCUT2D eigenvalue weighted by atomic mass is 32.2. The van der Waals surface area contributed by atoms with Gasteiger partial charge < -0.3 is 14.5 Å². The monoisotopic (exact) mass is 437 g/mol. The van der Waals surface area contributed by atoms with Gasteiger partial charge in [-0.25, -0.2) is 8.42 Å². The standard InChI is InChI=1S/C22H35N3O4S/c1-16-12-17(2)15-25(14-16)30(27,28)21-13-18(6-9-20(21)29-5)22(26)24(4)11-10-23(3)19-7-8-19/h6,9,13,16-17,19H,7-8,10-12,14-15H2,1-5H3/t16-,17-/m0/s1. The molecule has 1 aliphatic heterocycles. The van der Waals surface area contributed by atoms with E-state index in [-0.39, 0.29) is 16.6 Å². The molecule has 30 heavy (non-hydrogen) atoms. The first-order valence-electron chi connectivity index (χ1n) is 10.8. The maximum absolute atomic E-state index is 13.4. The number of hydrogen-bond donors (Lipinski definition) is 0. The number of carbonyl (C=O) groups excluding carboxylic acids is 1. The first-order chi connectivity index (χ1) is 14.1. The minimum absolute atomic E-state index is 0.0700. The van der Waals surface area contributed by atoms with Gasteiger partial charge in [0.1, 0.15) is 10.6 Å². The fourth-order valence-electron chi connectivity index (χ4n) is 4.28. The molecule has 3 rings (SSSR count). The quantitative estimate of drug-likeness (QED) is 0.625. The summed E-state index contributed by atoms with van der Waals surface area (Å²) in [4.78, 5) is 17.0. The van der Waals surface area contributed by atoms with E-state index in [2.05, 4.69) is 25.8 Å². The highest BCUT2D eigenvalue weighted by Crippen LogP contribution is 2.32. The van der Waals surface area contributed by atoms with Gasteiger partial charge in [0, 0.05) is 44.8 Å². The summed E-state index contributed by atoms with van der Waals surface area (Å²) < 4.78 is 33.7. The molecule has 0 unspecified atom stereocenters. The van der Waals surface area contributed by atoms with Crippen LogP contribution in [0.1, 0.15) is 43.5 Å². The van der Waals surface area contributed by atoms with Gasteiger partial charge in [0.2, 0.25) is 10.0 Å². The smallest absolute Gasteiger partial charge is 0.253 e.